The van der Waals surface area contributed by atoms with E-state index in [-0.39, 0.29) is 5.41 Å². The SMILES string of the molecule is Cc1ccc(-c2nc(C(C)(C)C)no2)cc1S(=O)(=O)N1CCCCC1. The Kier molecular flexibility index (Phi) is 4.72. The van der Waals surface area contributed by atoms with Crippen molar-refractivity contribution in [3.8, 4) is 11.5 Å². The molecule has 0 atom stereocenters. The van der Waals surface area contributed by atoms with Crippen LogP contribution in [-0.4, -0.2) is 36.0 Å². The smallest absolute Gasteiger partial charge is 0.257 e. The molecule has 0 radical (unpaired) electrons. The summed E-state index contributed by atoms with van der Waals surface area (Å²) in [7, 11) is -3.50. The van der Waals surface area contributed by atoms with Crippen molar-refractivity contribution < 1.29 is 12.9 Å². The molecule has 7 heteroatoms. The summed E-state index contributed by atoms with van der Waals surface area (Å²) in [4.78, 5) is 4.75. The van der Waals surface area contributed by atoms with Gasteiger partial charge in [0.25, 0.3) is 5.89 Å². The highest BCUT2D eigenvalue weighted by molar-refractivity contribution is 7.89. The minimum Gasteiger partial charge on any atom is -0.334 e. The third kappa shape index (κ3) is 3.62. The Morgan fingerprint density at radius 3 is 2.40 bits per heavy atom. The van der Waals surface area contributed by atoms with Crippen molar-refractivity contribution in [3.05, 3.63) is 29.6 Å². The summed E-state index contributed by atoms with van der Waals surface area (Å²) >= 11 is 0. The number of aryl methyl sites for hydroxylation is 1. The van der Waals surface area contributed by atoms with Gasteiger partial charge in [0.2, 0.25) is 10.0 Å². The zero-order valence-electron chi connectivity index (χ0n) is 15.2. The minimum atomic E-state index is -3.50. The molecule has 136 valence electrons. The van der Waals surface area contributed by atoms with Crippen LogP contribution in [0.1, 0.15) is 51.4 Å². The molecule has 0 bridgehead atoms. The second-order valence-corrected chi connectivity index (χ2v) is 9.52. The molecule has 0 aliphatic carbocycles. The van der Waals surface area contributed by atoms with E-state index in [0.29, 0.717) is 35.3 Å². The van der Waals surface area contributed by atoms with E-state index in [1.165, 1.54) is 0 Å². The van der Waals surface area contributed by atoms with Crippen LogP contribution in [0, 0.1) is 6.92 Å². The lowest BCUT2D eigenvalue weighted by molar-refractivity contribution is 0.346. The van der Waals surface area contributed by atoms with Gasteiger partial charge in [0.15, 0.2) is 5.82 Å². The first-order valence-corrected chi connectivity index (χ1v) is 10.1. The zero-order chi connectivity index (χ0) is 18.2. The number of piperidine rings is 1. The summed E-state index contributed by atoms with van der Waals surface area (Å²) in [6.45, 7) is 8.99. The molecule has 1 aromatic heterocycles. The predicted molar refractivity (Wildman–Crippen MR) is 95.8 cm³/mol. The van der Waals surface area contributed by atoms with Gasteiger partial charge in [-0.25, -0.2) is 8.42 Å². The average molecular weight is 363 g/mol. The first-order valence-electron chi connectivity index (χ1n) is 8.65. The van der Waals surface area contributed by atoms with Crippen LogP contribution in [0.3, 0.4) is 0 Å². The van der Waals surface area contributed by atoms with Crippen LogP contribution in [0.15, 0.2) is 27.6 Å². The van der Waals surface area contributed by atoms with Gasteiger partial charge in [-0.15, -0.1) is 0 Å². The zero-order valence-corrected chi connectivity index (χ0v) is 16.1. The monoisotopic (exact) mass is 363 g/mol. The number of sulfonamides is 1. The summed E-state index contributed by atoms with van der Waals surface area (Å²) in [6.07, 6.45) is 2.91. The third-order valence-electron chi connectivity index (χ3n) is 4.46. The number of rotatable bonds is 3. The Hall–Kier alpha value is -1.73. The maximum atomic E-state index is 13.0. The molecule has 0 saturated carbocycles. The summed E-state index contributed by atoms with van der Waals surface area (Å²) in [5.74, 6) is 0.948. The number of hydrogen-bond acceptors (Lipinski definition) is 5. The summed E-state index contributed by atoms with van der Waals surface area (Å²) in [6, 6.07) is 5.27. The Balaban J connectivity index is 1.99. The standard InChI is InChI=1S/C18H25N3O3S/c1-13-8-9-14(16-19-17(20-24-16)18(2,3)4)12-15(13)25(22,23)21-10-6-5-7-11-21/h8-9,12H,5-7,10-11H2,1-4H3. The van der Waals surface area contributed by atoms with Gasteiger partial charge in [-0.2, -0.15) is 9.29 Å². The van der Waals surface area contributed by atoms with Crippen LogP contribution in [0.25, 0.3) is 11.5 Å². The van der Waals surface area contributed by atoms with E-state index in [0.717, 1.165) is 24.8 Å². The Morgan fingerprint density at radius 1 is 1.12 bits per heavy atom. The molecule has 3 rings (SSSR count). The van der Waals surface area contributed by atoms with Crippen molar-refractivity contribution in [2.45, 2.75) is 57.3 Å². The number of benzene rings is 1. The maximum Gasteiger partial charge on any atom is 0.257 e. The molecule has 6 nitrogen and oxygen atoms in total. The van der Waals surface area contributed by atoms with Crippen LogP contribution in [0.2, 0.25) is 0 Å². The van der Waals surface area contributed by atoms with Crippen molar-refractivity contribution in [1.82, 2.24) is 14.4 Å². The van der Waals surface area contributed by atoms with Crippen molar-refractivity contribution >= 4 is 10.0 Å². The third-order valence-corrected chi connectivity index (χ3v) is 6.51. The van der Waals surface area contributed by atoms with E-state index >= 15 is 0 Å². The topological polar surface area (TPSA) is 76.3 Å². The quantitative estimate of drug-likeness (QED) is 0.834. The Morgan fingerprint density at radius 2 is 1.80 bits per heavy atom. The molecular formula is C18H25N3O3S. The van der Waals surface area contributed by atoms with Gasteiger partial charge in [-0.1, -0.05) is 38.4 Å². The highest BCUT2D eigenvalue weighted by Gasteiger charge is 2.28. The normalized spacial score (nSPS) is 17.0. The molecule has 25 heavy (non-hydrogen) atoms. The molecule has 1 saturated heterocycles. The first kappa shape index (κ1) is 18.1. The average Bonchev–Trinajstić information content (AvgIpc) is 3.06. The molecular weight excluding hydrogens is 338 g/mol. The number of aromatic nitrogens is 2. The lowest BCUT2D eigenvalue weighted by Crippen LogP contribution is -2.35. The lowest BCUT2D eigenvalue weighted by Gasteiger charge is -2.26. The van der Waals surface area contributed by atoms with Crippen LogP contribution >= 0.6 is 0 Å². The van der Waals surface area contributed by atoms with Crippen LogP contribution < -0.4 is 0 Å². The highest BCUT2D eigenvalue weighted by atomic mass is 32.2. The van der Waals surface area contributed by atoms with Gasteiger partial charge < -0.3 is 4.52 Å². The fraction of sp³-hybridized carbons (Fsp3) is 0.556. The van der Waals surface area contributed by atoms with Gasteiger partial charge in [-0.3, -0.25) is 0 Å². The van der Waals surface area contributed by atoms with Crippen LogP contribution in [0.5, 0.6) is 0 Å². The van der Waals surface area contributed by atoms with Gasteiger partial charge >= 0.3 is 0 Å². The predicted octanol–water partition coefficient (Wildman–Crippen LogP) is 3.52. The maximum absolute atomic E-state index is 13.0. The van der Waals surface area contributed by atoms with Gasteiger partial charge in [0, 0.05) is 24.1 Å². The van der Waals surface area contributed by atoms with E-state index in [1.54, 1.807) is 16.4 Å². The molecule has 0 spiro atoms. The molecule has 1 aliphatic heterocycles. The van der Waals surface area contributed by atoms with Crippen LogP contribution in [-0.2, 0) is 15.4 Å². The van der Waals surface area contributed by atoms with Crippen molar-refractivity contribution in [1.29, 1.82) is 0 Å². The van der Waals surface area contributed by atoms with Gasteiger partial charge in [-0.05, 0) is 37.5 Å². The summed E-state index contributed by atoms with van der Waals surface area (Å²) in [5, 5.41) is 4.02. The molecule has 0 N–H and O–H groups in total. The van der Waals surface area contributed by atoms with Crippen molar-refractivity contribution in [2.24, 2.45) is 0 Å². The van der Waals surface area contributed by atoms with Crippen molar-refractivity contribution in [2.75, 3.05) is 13.1 Å². The molecule has 2 aromatic rings. The fourth-order valence-electron chi connectivity index (χ4n) is 2.90. The van der Waals surface area contributed by atoms with E-state index in [1.807, 2.05) is 33.8 Å². The van der Waals surface area contributed by atoms with E-state index in [4.69, 9.17) is 4.52 Å². The summed E-state index contributed by atoms with van der Waals surface area (Å²) in [5.41, 5.74) is 1.13. The van der Waals surface area contributed by atoms with Gasteiger partial charge in [0.05, 0.1) is 4.90 Å². The first-order chi connectivity index (χ1) is 11.7. The number of hydrogen-bond donors (Lipinski definition) is 0. The van der Waals surface area contributed by atoms with E-state index < -0.39 is 10.0 Å². The van der Waals surface area contributed by atoms with E-state index in [9.17, 15) is 8.42 Å². The van der Waals surface area contributed by atoms with Crippen LogP contribution in [0.4, 0.5) is 0 Å². The fourth-order valence-corrected chi connectivity index (χ4v) is 4.67. The molecule has 1 aromatic carbocycles. The Labute approximate surface area is 149 Å². The Bertz CT molecular complexity index is 860. The molecule has 0 amide bonds. The van der Waals surface area contributed by atoms with Gasteiger partial charge in [0.1, 0.15) is 0 Å². The number of nitrogens with zero attached hydrogens (tertiary/aromatic N) is 3. The lowest BCUT2D eigenvalue weighted by atomic mass is 9.96. The second-order valence-electron chi connectivity index (χ2n) is 7.62. The molecule has 1 aliphatic rings. The summed E-state index contributed by atoms with van der Waals surface area (Å²) < 4.78 is 33.0. The largest absolute Gasteiger partial charge is 0.334 e. The minimum absolute atomic E-state index is 0.227. The van der Waals surface area contributed by atoms with E-state index in [2.05, 4.69) is 10.1 Å². The molecule has 2 heterocycles. The molecule has 1 fully saturated rings. The second kappa shape index (κ2) is 6.53. The van der Waals surface area contributed by atoms with Crippen molar-refractivity contribution in [3.63, 3.8) is 0 Å². The molecule has 0 unspecified atom stereocenters. The highest BCUT2D eigenvalue weighted by Crippen LogP contribution is 2.29.